The first kappa shape index (κ1) is 9.04. The highest BCUT2D eigenvalue weighted by Gasteiger charge is 2.37. The van der Waals surface area contributed by atoms with Crippen molar-refractivity contribution in [2.24, 2.45) is 5.92 Å². The van der Waals surface area contributed by atoms with Crippen molar-refractivity contribution in [2.45, 2.75) is 25.3 Å². The first-order valence-corrected chi connectivity index (χ1v) is 5.58. The largest absolute Gasteiger partial charge is 0.313 e. The molecule has 15 heavy (non-hydrogen) atoms. The molecule has 2 aliphatic rings. The van der Waals surface area contributed by atoms with Crippen LogP contribution in [0.5, 0.6) is 0 Å². The molecular formula is C12H14N2O. The molecule has 1 aromatic rings. The minimum absolute atomic E-state index is 0.136. The van der Waals surface area contributed by atoms with Gasteiger partial charge < -0.3 is 5.32 Å². The fraction of sp³-hybridized carbons (Fsp3) is 0.500. The van der Waals surface area contributed by atoms with Gasteiger partial charge in [0.2, 0.25) is 0 Å². The maximum Gasteiger partial charge on any atom is 0.186 e. The van der Waals surface area contributed by atoms with Crippen molar-refractivity contribution < 1.29 is 4.79 Å². The number of nitrogens with zero attached hydrogens (tertiary/aromatic N) is 1. The van der Waals surface area contributed by atoms with Gasteiger partial charge in [0.1, 0.15) is 5.69 Å². The number of fused-ring (bicyclic) bond motifs is 1. The molecule has 0 amide bonds. The van der Waals surface area contributed by atoms with E-state index in [-0.39, 0.29) is 11.7 Å². The molecule has 0 spiro atoms. The molecule has 1 aliphatic heterocycles. The van der Waals surface area contributed by atoms with E-state index in [4.69, 9.17) is 0 Å². The van der Waals surface area contributed by atoms with E-state index in [0.717, 1.165) is 24.9 Å². The van der Waals surface area contributed by atoms with Gasteiger partial charge in [-0.2, -0.15) is 0 Å². The second kappa shape index (κ2) is 3.42. The van der Waals surface area contributed by atoms with Crippen LogP contribution in [0.1, 0.15) is 28.9 Å². The van der Waals surface area contributed by atoms with Crippen molar-refractivity contribution in [1.29, 1.82) is 0 Å². The number of hydrogen-bond donors (Lipinski definition) is 1. The number of carbonyl (C=O) groups excluding carboxylic acids is 1. The lowest BCUT2D eigenvalue weighted by molar-refractivity contribution is 0.0910. The summed E-state index contributed by atoms with van der Waals surface area (Å²) in [6.45, 7) is 1.05. The lowest BCUT2D eigenvalue weighted by Crippen LogP contribution is -2.34. The number of nitrogens with one attached hydrogen (secondary N) is 1. The van der Waals surface area contributed by atoms with Crippen molar-refractivity contribution in [3.05, 3.63) is 29.6 Å². The number of Topliss-reactive ketones (excluding diaryl/α,β-unsaturated/α-hetero) is 1. The van der Waals surface area contributed by atoms with Gasteiger partial charge in [-0.1, -0.05) is 6.07 Å². The Morgan fingerprint density at radius 1 is 1.47 bits per heavy atom. The van der Waals surface area contributed by atoms with Gasteiger partial charge in [-0.3, -0.25) is 9.78 Å². The van der Waals surface area contributed by atoms with Crippen molar-refractivity contribution in [3.63, 3.8) is 0 Å². The number of rotatable bonds is 1. The van der Waals surface area contributed by atoms with E-state index < -0.39 is 0 Å². The van der Waals surface area contributed by atoms with E-state index in [0.29, 0.717) is 11.7 Å². The summed E-state index contributed by atoms with van der Waals surface area (Å²) in [7, 11) is 0. The molecule has 1 N–H and O–H groups in total. The highest BCUT2D eigenvalue weighted by atomic mass is 16.1. The van der Waals surface area contributed by atoms with Crippen LogP contribution in [0, 0.1) is 5.92 Å². The topological polar surface area (TPSA) is 42.0 Å². The Balaban J connectivity index is 1.89. The summed E-state index contributed by atoms with van der Waals surface area (Å²) in [5.74, 6) is 0.377. The molecule has 1 fully saturated rings. The Labute approximate surface area is 88.9 Å². The van der Waals surface area contributed by atoms with Crippen LogP contribution in [0.3, 0.4) is 0 Å². The number of aromatic nitrogens is 1. The molecular weight excluding hydrogens is 188 g/mol. The molecule has 1 aromatic heterocycles. The Morgan fingerprint density at radius 2 is 2.40 bits per heavy atom. The minimum Gasteiger partial charge on any atom is -0.313 e. The number of hydrogen-bond acceptors (Lipinski definition) is 3. The van der Waals surface area contributed by atoms with Gasteiger partial charge in [0, 0.05) is 18.2 Å². The van der Waals surface area contributed by atoms with E-state index in [1.807, 2.05) is 12.1 Å². The van der Waals surface area contributed by atoms with E-state index >= 15 is 0 Å². The smallest absolute Gasteiger partial charge is 0.186 e. The average molecular weight is 202 g/mol. The third kappa shape index (κ3) is 1.38. The van der Waals surface area contributed by atoms with Crippen LogP contribution in [0.4, 0.5) is 0 Å². The molecule has 3 rings (SSSR count). The molecule has 2 atom stereocenters. The van der Waals surface area contributed by atoms with Crippen LogP contribution < -0.4 is 5.32 Å². The SMILES string of the molecule is O=C1c2ncccc2CC1C1CCCN1. The Hall–Kier alpha value is -1.22. The van der Waals surface area contributed by atoms with Crippen LogP contribution in [-0.2, 0) is 6.42 Å². The van der Waals surface area contributed by atoms with Gasteiger partial charge in [0.05, 0.1) is 0 Å². The second-order valence-corrected chi connectivity index (χ2v) is 4.39. The number of pyridine rings is 1. The third-order valence-corrected chi connectivity index (χ3v) is 3.49. The maximum absolute atomic E-state index is 12.1. The quantitative estimate of drug-likeness (QED) is 0.743. The molecule has 0 aromatic carbocycles. The normalized spacial score (nSPS) is 29.5. The molecule has 0 radical (unpaired) electrons. The second-order valence-electron chi connectivity index (χ2n) is 4.39. The molecule has 3 nitrogen and oxygen atoms in total. The lowest BCUT2D eigenvalue weighted by atomic mass is 9.95. The minimum atomic E-state index is 0.136. The molecule has 0 bridgehead atoms. The molecule has 1 saturated heterocycles. The summed E-state index contributed by atoms with van der Waals surface area (Å²) in [6.07, 6.45) is 4.91. The summed E-state index contributed by atoms with van der Waals surface area (Å²) < 4.78 is 0. The Morgan fingerprint density at radius 3 is 3.13 bits per heavy atom. The fourth-order valence-corrected chi connectivity index (χ4v) is 2.71. The summed E-state index contributed by atoms with van der Waals surface area (Å²) in [4.78, 5) is 16.3. The average Bonchev–Trinajstić information content (AvgIpc) is 2.87. The zero-order valence-corrected chi connectivity index (χ0v) is 8.57. The van der Waals surface area contributed by atoms with Gasteiger partial charge in [0.25, 0.3) is 0 Å². The molecule has 2 heterocycles. The first-order valence-electron chi connectivity index (χ1n) is 5.58. The predicted molar refractivity (Wildman–Crippen MR) is 56.8 cm³/mol. The van der Waals surface area contributed by atoms with Crippen LogP contribution in [0.15, 0.2) is 18.3 Å². The number of carbonyl (C=O) groups is 1. The monoisotopic (exact) mass is 202 g/mol. The van der Waals surface area contributed by atoms with Gasteiger partial charge in [-0.05, 0) is 37.4 Å². The fourth-order valence-electron chi connectivity index (χ4n) is 2.71. The molecule has 1 aliphatic carbocycles. The highest BCUT2D eigenvalue weighted by Crippen LogP contribution is 2.30. The van der Waals surface area contributed by atoms with E-state index in [1.165, 1.54) is 6.42 Å². The van der Waals surface area contributed by atoms with Crippen molar-refractivity contribution >= 4 is 5.78 Å². The third-order valence-electron chi connectivity index (χ3n) is 3.49. The highest BCUT2D eigenvalue weighted by molar-refractivity contribution is 6.00. The van der Waals surface area contributed by atoms with Gasteiger partial charge in [0.15, 0.2) is 5.78 Å². The van der Waals surface area contributed by atoms with Crippen LogP contribution >= 0.6 is 0 Å². The lowest BCUT2D eigenvalue weighted by Gasteiger charge is -2.16. The van der Waals surface area contributed by atoms with Crippen molar-refractivity contribution in [3.8, 4) is 0 Å². The molecule has 78 valence electrons. The Kier molecular flexibility index (Phi) is 2.06. The van der Waals surface area contributed by atoms with Crippen LogP contribution in [0.25, 0.3) is 0 Å². The summed E-state index contributed by atoms with van der Waals surface area (Å²) in [5.41, 5.74) is 1.83. The standard InChI is InChI=1S/C12H14N2O/c15-12-9(10-4-2-5-13-10)7-8-3-1-6-14-11(8)12/h1,3,6,9-10,13H,2,4-5,7H2. The predicted octanol–water partition coefficient (Wildman–Crippen LogP) is 1.19. The van der Waals surface area contributed by atoms with Crippen LogP contribution in [-0.4, -0.2) is 23.4 Å². The Bertz CT molecular complexity index is 396. The van der Waals surface area contributed by atoms with Crippen LogP contribution in [0.2, 0.25) is 0 Å². The first-order chi connectivity index (χ1) is 7.36. The van der Waals surface area contributed by atoms with Gasteiger partial charge in [-0.25, -0.2) is 0 Å². The van der Waals surface area contributed by atoms with E-state index in [2.05, 4.69) is 10.3 Å². The maximum atomic E-state index is 12.1. The van der Waals surface area contributed by atoms with Crippen molar-refractivity contribution in [1.82, 2.24) is 10.3 Å². The number of ketones is 1. The van der Waals surface area contributed by atoms with Crippen molar-refractivity contribution in [2.75, 3.05) is 6.54 Å². The van der Waals surface area contributed by atoms with Gasteiger partial charge >= 0.3 is 0 Å². The summed E-state index contributed by atoms with van der Waals surface area (Å²) in [6, 6.07) is 4.32. The van der Waals surface area contributed by atoms with E-state index in [9.17, 15) is 4.79 Å². The summed E-state index contributed by atoms with van der Waals surface area (Å²) in [5, 5.41) is 3.42. The molecule has 3 heteroatoms. The zero-order chi connectivity index (χ0) is 10.3. The zero-order valence-electron chi connectivity index (χ0n) is 8.57. The van der Waals surface area contributed by atoms with E-state index in [1.54, 1.807) is 6.20 Å². The summed E-state index contributed by atoms with van der Waals surface area (Å²) >= 11 is 0. The molecule has 0 saturated carbocycles. The van der Waals surface area contributed by atoms with Gasteiger partial charge in [-0.15, -0.1) is 0 Å². The molecule has 2 unspecified atom stereocenters.